The minimum Gasteiger partial charge on any atom is -0.419 e. The molecule has 1 aromatic heterocycles. The van der Waals surface area contributed by atoms with Crippen molar-refractivity contribution in [1.29, 1.82) is 0 Å². The molecule has 5 rings (SSSR count). The number of hydrogen-bond donors (Lipinski definition) is 1. The molecule has 2 aromatic carbocycles. The van der Waals surface area contributed by atoms with Crippen molar-refractivity contribution in [3.8, 4) is 11.5 Å². The van der Waals surface area contributed by atoms with Crippen molar-refractivity contribution in [1.82, 2.24) is 20.4 Å². The summed E-state index contributed by atoms with van der Waals surface area (Å²) in [6, 6.07) is 11.2. The van der Waals surface area contributed by atoms with Gasteiger partial charge in [0.2, 0.25) is 11.8 Å². The van der Waals surface area contributed by atoms with Gasteiger partial charge in [0.1, 0.15) is 17.9 Å². The summed E-state index contributed by atoms with van der Waals surface area (Å²) in [6.07, 6.45) is 3.13. The molecule has 1 atom stereocenters. The molecule has 1 unspecified atom stereocenters. The van der Waals surface area contributed by atoms with Gasteiger partial charge in [-0.1, -0.05) is 24.3 Å². The summed E-state index contributed by atoms with van der Waals surface area (Å²) < 4.78 is 19.0. The van der Waals surface area contributed by atoms with Gasteiger partial charge in [0.15, 0.2) is 0 Å². The van der Waals surface area contributed by atoms with Crippen molar-refractivity contribution >= 4 is 11.9 Å². The van der Waals surface area contributed by atoms with Gasteiger partial charge in [-0.2, -0.15) is 0 Å². The van der Waals surface area contributed by atoms with Crippen molar-refractivity contribution in [2.24, 2.45) is 0 Å². The second-order valence-corrected chi connectivity index (χ2v) is 7.79. The van der Waals surface area contributed by atoms with Crippen LogP contribution in [0, 0.1) is 5.82 Å². The van der Waals surface area contributed by atoms with Gasteiger partial charge in [-0.3, -0.25) is 9.69 Å². The minimum atomic E-state index is -1.15. The first-order valence-corrected chi connectivity index (χ1v) is 9.79. The Balaban J connectivity index is 1.39. The number of carbonyl (C=O) groups is 2. The molecular weight excluding hydrogens is 387 g/mol. The van der Waals surface area contributed by atoms with Crippen LogP contribution in [0.5, 0.6) is 0 Å². The molecule has 30 heavy (non-hydrogen) atoms. The van der Waals surface area contributed by atoms with Gasteiger partial charge < -0.3 is 9.73 Å². The number of halogens is 1. The number of benzene rings is 2. The molecule has 2 heterocycles. The van der Waals surface area contributed by atoms with Gasteiger partial charge in [-0.25, -0.2) is 9.18 Å². The maximum absolute atomic E-state index is 13.4. The summed E-state index contributed by atoms with van der Waals surface area (Å²) >= 11 is 0. The Hall–Kier alpha value is -3.55. The van der Waals surface area contributed by atoms with E-state index in [-0.39, 0.29) is 24.2 Å². The Morgan fingerprint density at radius 1 is 1.13 bits per heavy atom. The molecule has 3 aromatic rings. The van der Waals surface area contributed by atoms with Gasteiger partial charge in [0.25, 0.3) is 5.91 Å². The molecule has 0 radical (unpaired) electrons. The number of nitrogens with zero attached hydrogens (tertiary/aromatic N) is 3. The first-order valence-electron chi connectivity index (χ1n) is 9.79. The number of rotatable bonds is 4. The summed E-state index contributed by atoms with van der Waals surface area (Å²) in [7, 11) is 0. The Kier molecular flexibility index (Phi) is 4.16. The molecule has 1 aliphatic heterocycles. The van der Waals surface area contributed by atoms with Crippen LogP contribution in [-0.4, -0.2) is 27.0 Å². The number of urea groups is 1. The molecule has 3 amide bonds. The lowest BCUT2D eigenvalue weighted by Gasteiger charge is -2.23. The number of aryl methyl sites for hydroxylation is 2. The number of amides is 3. The zero-order valence-corrected chi connectivity index (χ0v) is 16.3. The predicted molar refractivity (Wildman–Crippen MR) is 105 cm³/mol. The van der Waals surface area contributed by atoms with E-state index in [0.717, 1.165) is 29.7 Å². The van der Waals surface area contributed by atoms with Crippen LogP contribution in [0.2, 0.25) is 0 Å². The highest BCUT2D eigenvalue weighted by Gasteiger charge is 2.49. The lowest BCUT2D eigenvalue weighted by atomic mass is 9.90. The highest BCUT2D eigenvalue weighted by atomic mass is 19.1. The summed E-state index contributed by atoms with van der Waals surface area (Å²) in [5.74, 6) is -0.587. The van der Waals surface area contributed by atoms with E-state index in [1.54, 1.807) is 13.0 Å². The van der Waals surface area contributed by atoms with E-state index in [0.29, 0.717) is 5.56 Å². The lowest BCUT2D eigenvalue weighted by molar-refractivity contribution is -0.131. The average molecular weight is 406 g/mol. The van der Waals surface area contributed by atoms with Gasteiger partial charge >= 0.3 is 6.03 Å². The van der Waals surface area contributed by atoms with Crippen molar-refractivity contribution in [3.05, 3.63) is 70.9 Å². The normalized spacial score (nSPS) is 20.5. The van der Waals surface area contributed by atoms with E-state index in [1.807, 2.05) is 18.2 Å². The molecule has 1 fully saturated rings. The average Bonchev–Trinajstić information content (AvgIpc) is 3.44. The van der Waals surface area contributed by atoms with E-state index in [1.165, 1.54) is 29.3 Å². The topological polar surface area (TPSA) is 88.3 Å². The fourth-order valence-electron chi connectivity index (χ4n) is 4.11. The summed E-state index contributed by atoms with van der Waals surface area (Å²) in [5.41, 5.74) is 2.56. The molecule has 1 saturated heterocycles. The van der Waals surface area contributed by atoms with Crippen LogP contribution in [-0.2, 0) is 29.7 Å². The van der Waals surface area contributed by atoms with Gasteiger partial charge in [0.05, 0.1) is 0 Å². The third-order valence-corrected chi connectivity index (χ3v) is 5.78. The van der Waals surface area contributed by atoms with Crippen molar-refractivity contribution in [2.45, 2.75) is 38.3 Å². The van der Waals surface area contributed by atoms with E-state index < -0.39 is 17.4 Å². The molecule has 8 heteroatoms. The van der Waals surface area contributed by atoms with E-state index in [2.05, 4.69) is 15.5 Å². The summed E-state index contributed by atoms with van der Waals surface area (Å²) in [5, 5.41) is 10.6. The monoisotopic (exact) mass is 406 g/mol. The molecule has 0 bridgehead atoms. The standard InChI is InChI=1S/C22H19FN4O3/c1-22(16-9-8-13-4-2-5-14(13)10-16)20(28)27(21(29)24-22)12-18-25-26-19(30-18)15-6-3-7-17(23)11-15/h3,6-11H,2,4-5,12H2,1H3,(H,24,29). The van der Waals surface area contributed by atoms with Gasteiger partial charge in [-0.05, 0) is 61.1 Å². The maximum Gasteiger partial charge on any atom is 0.325 e. The van der Waals surface area contributed by atoms with Crippen molar-refractivity contribution < 1.29 is 18.4 Å². The van der Waals surface area contributed by atoms with Gasteiger partial charge in [-0.15, -0.1) is 10.2 Å². The number of nitrogens with one attached hydrogen (secondary N) is 1. The fourth-order valence-corrected chi connectivity index (χ4v) is 4.11. The molecular formula is C22H19FN4O3. The molecule has 2 aliphatic rings. The van der Waals surface area contributed by atoms with Crippen LogP contribution >= 0.6 is 0 Å². The Bertz CT molecular complexity index is 1170. The second-order valence-electron chi connectivity index (χ2n) is 7.79. The number of hydrogen-bond acceptors (Lipinski definition) is 5. The second kappa shape index (κ2) is 6.76. The van der Waals surface area contributed by atoms with Crippen LogP contribution < -0.4 is 5.32 Å². The van der Waals surface area contributed by atoms with Crippen LogP contribution in [0.1, 0.15) is 35.9 Å². The molecule has 0 saturated carbocycles. The van der Waals surface area contributed by atoms with Crippen LogP contribution in [0.25, 0.3) is 11.5 Å². The number of fused-ring (bicyclic) bond motifs is 1. The van der Waals surface area contributed by atoms with Gasteiger partial charge in [0, 0.05) is 5.56 Å². The fraction of sp³-hybridized carbons (Fsp3) is 0.273. The quantitative estimate of drug-likeness (QED) is 0.672. The molecule has 0 spiro atoms. The van der Waals surface area contributed by atoms with E-state index >= 15 is 0 Å². The van der Waals surface area contributed by atoms with Crippen molar-refractivity contribution in [3.63, 3.8) is 0 Å². The largest absolute Gasteiger partial charge is 0.419 e. The lowest BCUT2D eigenvalue weighted by Crippen LogP contribution is -2.41. The van der Waals surface area contributed by atoms with E-state index in [9.17, 15) is 14.0 Å². The highest BCUT2D eigenvalue weighted by molar-refractivity contribution is 6.07. The Labute approximate surface area is 171 Å². The molecule has 7 nitrogen and oxygen atoms in total. The highest BCUT2D eigenvalue weighted by Crippen LogP contribution is 2.33. The smallest absolute Gasteiger partial charge is 0.325 e. The third kappa shape index (κ3) is 2.96. The zero-order valence-electron chi connectivity index (χ0n) is 16.3. The zero-order chi connectivity index (χ0) is 20.9. The summed E-state index contributed by atoms with van der Waals surface area (Å²) in [6.45, 7) is 1.55. The van der Waals surface area contributed by atoms with E-state index in [4.69, 9.17) is 4.42 Å². The number of imide groups is 1. The predicted octanol–water partition coefficient (Wildman–Crippen LogP) is 3.33. The SMILES string of the molecule is CC1(c2ccc3c(c2)CCC3)NC(=O)N(Cc2nnc(-c3cccc(F)c3)o2)C1=O. The first kappa shape index (κ1) is 18.5. The molecule has 1 aliphatic carbocycles. The Morgan fingerprint density at radius 2 is 1.97 bits per heavy atom. The molecule has 152 valence electrons. The van der Waals surface area contributed by atoms with Crippen LogP contribution in [0.15, 0.2) is 46.9 Å². The van der Waals surface area contributed by atoms with Crippen LogP contribution in [0.3, 0.4) is 0 Å². The number of aromatic nitrogens is 2. The minimum absolute atomic E-state index is 0.0935. The Morgan fingerprint density at radius 3 is 2.80 bits per heavy atom. The first-order chi connectivity index (χ1) is 14.4. The maximum atomic E-state index is 13.4. The molecule has 1 N–H and O–H groups in total. The van der Waals surface area contributed by atoms with Crippen LogP contribution in [0.4, 0.5) is 9.18 Å². The third-order valence-electron chi connectivity index (χ3n) is 5.78. The number of carbonyl (C=O) groups excluding carboxylic acids is 2. The summed E-state index contributed by atoms with van der Waals surface area (Å²) in [4.78, 5) is 26.8. The van der Waals surface area contributed by atoms with Crippen molar-refractivity contribution in [2.75, 3.05) is 0 Å².